The van der Waals surface area contributed by atoms with E-state index in [9.17, 15) is 4.79 Å². The number of Topliss-reactive ketones (excluding diaryl/α,β-unsaturated/α-hetero) is 1. The summed E-state index contributed by atoms with van der Waals surface area (Å²) in [6.07, 6.45) is 0. The van der Waals surface area contributed by atoms with Crippen LogP contribution in [0, 0.1) is 13.8 Å². The monoisotopic (exact) mass is 273 g/mol. The van der Waals surface area contributed by atoms with E-state index in [1.54, 1.807) is 0 Å². The highest BCUT2D eigenvalue weighted by Crippen LogP contribution is 2.19. The maximum atomic E-state index is 12.0. The second kappa shape index (κ2) is 5.89. The van der Waals surface area contributed by atoms with Crippen LogP contribution >= 0.6 is 11.6 Å². The summed E-state index contributed by atoms with van der Waals surface area (Å²) in [5.41, 5.74) is 3.84. The smallest absolute Gasteiger partial charge is 0.181 e. The molecule has 0 fully saturated rings. The molecule has 3 heteroatoms. The van der Waals surface area contributed by atoms with Crippen molar-refractivity contribution in [1.29, 1.82) is 0 Å². The summed E-state index contributed by atoms with van der Waals surface area (Å²) < 4.78 is 0. The van der Waals surface area contributed by atoms with E-state index in [4.69, 9.17) is 11.6 Å². The number of anilines is 1. The van der Waals surface area contributed by atoms with Gasteiger partial charge in [-0.25, -0.2) is 0 Å². The Balaban J connectivity index is 2.02. The van der Waals surface area contributed by atoms with E-state index in [1.807, 2.05) is 56.3 Å². The number of hydrogen-bond acceptors (Lipinski definition) is 2. The number of carbonyl (C=O) groups excluding carboxylic acids is 1. The Labute approximate surface area is 118 Å². The first-order chi connectivity index (χ1) is 9.06. The van der Waals surface area contributed by atoms with Crippen LogP contribution in [0.2, 0.25) is 5.02 Å². The molecule has 0 aliphatic heterocycles. The first kappa shape index (κ1) is 13.6. The zero-order chi connectivity index (χ0) is 13.8. The van der Waals surface area contributed by atoms with Gasteiger partial charge in [0.05, 0.1) is 6.54 Å². The van der Waals surface area contributed by atoms with Crippen molar-refractivity contribution in [2.45, 2.75) is 13.8 Å². The van der Waals surface area contributed by atoms with E-state index in [0.29, 0.717) is 5.02 Å². The maximum absolute atomic E-state index is 12.0. The van der Waals surface area contributed by atoms with Gasteiger partial charge in [-0.3, -0.25) is 4.79 Å². The van der Waals surface area contributed by atoms with Crippen LogP contribution in [0.3, 0.4) is 0 Å². The molecule has 0 aromatic heterocycles. The molecule has 0 bridgehead atoms. The lowest BCUT2D eigenvalue weighted by Gasteiger charge is -2.09. The van der Waals surface area contributed by atoms with E-state index >= 15 is 0 Å². The lowest BCUT2D eigenvalue weighted by molar-refractivity contribution is 0.101. The van der Waals surface area contributed by atoms with Gasteiger partial charge in [-0.1, -0.05) is 41.4 Å². The van der Waals surface area contributed by atoms with Gasteiger partial charge in [0.25, 0.3) is 0 Å². The fourth-order valence-electron chi connectivity index (χ4n) is 1.84. The average molecular weight is 274 g/mol. The molecule has 2 rings (SSSR count). The number of carbonyl (C=O) groups is 1. The molecule has 0 aliphatic carbocycles. The Bertz CT molecular complexity index is 590. The number of hydrogen-bond donors (Lipinski definition) is 1. The van der Waals surface area contributed by atoms with Crippen LogP contribution in [-0.2, 0) is 0 Å². The number of halogens is 1. The van der Waals surface area contributed by atoms with Crippen LogP contribution in [0.1, 0.15) is 21.5 Å². The first-order valence-electron chi connectivity index (χ1n) is 6.16. The first-order valence-corrected chi connectivity index (χ1v) is 6.54. The quantitative estimate of drug-likeness (QED) is 0.844. The largest absolute Gasteiger partial charge is 0.377 e. The molecule has 0 radical (unpaired) electrons. The minimum atomic E-state index is 0.0781. The van der Waals surface area contributed by atoms with Crippen LogP contribution in [0.4, 0.5) is 5.69 Å². The normalized spacial score (nSPS) is 10.3. The second-order valence-corrected chi connectivity index (χ2v) is 5.04. The molecule has 2 aromatic rings. The van der Waals surface area contributed by atoms with Crippen LogP contribution in [0.25, 0.3) is 0 Å². The Morgan fingerprint density at radius 2 is 1.79 bits per heavy atom. The Morgan fingerprint density at radius 1 is 1.11 bits per heavy atom. The van der Waals surface area contributed by atoms with Crippen LogP contribution in [-0.4, -0.2) is 12.3 Å². The molecule has 19 heavy (non-hydrogen) atoms. The molecule has 0 unspecified atom stereocenters. The predicted molar refractivity (Wildman–Crippen MR) is 80.2 cm³/mol. The van der Waals surface area contributed by atoms with Gasteiger partial charge in [0.1, 0.15) is 0 Å². The molecule has 2 nitrogen and oxygen atoms in total. The molecule has 0 spiro atoms. The van der Waals surface area contributed by atoms with E-state index in [1.165, 1.54) is 0 Å². The zero-order valence-electron chi connectivity index (χ0n) is 11.0. The number of ketones is 1. The number of nitrogens with one attached hydrogen (secondary N) is 1. The van der Waals surface area contributed by atoms with Crippen molar-refractivity contribution < 1.29 is 4.79 Å². The third-order valence-corrected chi connectivity index (χ3v) is 3.24. The summed E-state index contributed by atoms with van der Waals surface area (Å²) in [6.45, 7) is 4.25. The highest BCUT2D eigenvalue weighted by atomic mass is 35.5. The summed E-state index contributed by atoms with van der Waals surface area (Å²) in [5.74, 6) is 0.0781. The molecule has 0 aliphatic rings. The molecule has 0 heterocycles. The number of benzene rings is 2. The maximum Gasteiger partial charge on any atom is 0.181 e. The third-order valence-electron chi connectivity index (χ3n) is 3.00. The molecule has 1 N–H and O–H groups in total. The molecule has 98 valence electrons. The molecule has 0 saturated carbocycles. The van der Waals surface area contributed by atoms with E-state index < -0.39 is 0 Å². The van der Waals surface area contributed by atoms with Crippen molar-refractivity contribution in [2.24, 2.45) is 0 Å². The lowest BCUT2D eigenvalue weighted by Crippen LogP contribution is -2.14. The summed E-state index contributed by atoms with van der Waals surface area (Å²) in [4.78, 5) is 12.0. The van der Waals surface area contributed by atoms with Gasteiger partial charge in [0, 0.05) is 16.3 Å². The summed E-state index contributed by atoms with van der Waals surface area (Å²) in [6, 6.07) is 13.2. The fraction of sp³-hybridized carbons (Fsp3) is 0.188. The highest BCUT2D eigenvalue weighted by molar-refractivity contribution is 6.30. The zero-order valence-corrected chi connectivity index (χ0v) is 11.8. The van der Waals surface area contributed by atoms with Crippen molar-refractivity contribution >= 4 is 23.1 Å². The topological polar surface area (TPSA) is 29.1 Å². The summed E-state index contributed by atoms with van der Waals surface area (Å²) >= 11 is 5.90. The van der Waals surface area contributed by atoms with Crippen molar-refractivity contribution in [1.82, 2.24) is 0 Å². The highest BCUT2D eigenvalue weighted by Gasteiger charge is 2.06. The Kier molecular flexibility index (Phi) is 4.23. The summed E-state index contributed by atoms with van der Waals surface area (Å²) in [7, 11) is 0. The second-order valence-electron chi connectivity index (χ2n) is 4.60. The van der Waals surface area contributed by atoms with Crippen LogP contribution < -0.4 is 5.32 Å². The lowest BCUT2D eigenvalue weighted by atomic mass is 10.1. The standard InChI is InChI=1S/C16H16ClNO/c1-11-3-5-13(6-4-11)16(19)10-18-15-8-7-14(17)9-12(15)2/h3-9,18H,10H2,1-2H3. The van der Waals surface area contributed by atoms with E-state index in [0.717, 1.165) is 22.4 Å². The van der Waals surface area contributed by atoms with E-state index in [-0.39, 0.29) is 12.3 Å². The van der Waals surface area contributed by atoms with Crippen molar-refractivity contribution in [3.63, 3.8) is 0 Å². The van der Waals surface area contributed by atoms with Gasteiger partial charge in [0.2, 0.25) is 0 Å². The van der Waals surface area contributed by atoms with Gasteiger partial charge in [0.15, 0.2) is 5.78 Å². The van der Waals surface area contributed by atoms with Crippen LogP contribution in [0.5, 0.6) is 0 Å². The third kappa shape index (κ3) is 3.58. The molecule has 2 aromatic carbocycles. The predicted octanol–water partition coefficient (Wildman–Crippen LogP) is 4.25. The van der Waals surface area contributed by atoms with E-state index in [2.05, 4.69) is 5.32 Å². The Morgan fingerprint density at radius 3 is 2.42 bits per heavy atom. The minimum Gasteiger partial charge on any atom is -0.377 e. The SMILES string of the molecule is Cc1ccc(C(=O)CNc2ccc(Cl)cc2C)cc1. The van der Waals surface area contributed by atoms with Crippen molar-refractivity contribution in [2.75, 3.05) is 11.9 Å². The molecular weight excluding hydrogens is 258 g/mol. The fourth-order valence-corrected chi connectivity index (χ4v) is 2.07. The van der Waals surface area contributed by atoms with Gasteiger partial charge >= 0.3 is 0 Å². The molecule has 0 saturated heterocycles. The van der Waals surface area contributed by atoms with Crippen molar-refractivity contribution in [3.8, 4) is 0 Å². The molecule has 0 amide bonds. The van der Waals surface area contributed by atoms with Gasteiger partial charge in [-0.2, -0.15) is 0 Å². The number of aryl methyl sites for hydroxylation is 2. The Hall–Kier alpha value is -1.80. The number of rotatable bonds is 4. The van der Waals surface area contributed by atoms with Crippen molar-refractivity contribution in [3.05, 3.63) is 64.2 Å². The minimum absolute atomic E-state index is 0.0781. The van der Waals surface area contributed by atoms with Crippen LogP contribution in [0.15, 0.2) is 42.5 Å². The van der Waals surface area contributed by atoms with Gasteiger partial charge < -0.3 is 5.32 Å². The van der Waals surface area contributed by atoms with Gasteiger partial charge in [-0.05, 0) is 37.6 Å². The molecular formula is C16H16ClNO. The van der Waals surface area contributed by atoms with Gasteiger partial charge in [-0.15, -0.1) is 0 Å². The average Bonchev–Trinajstić information content (AvgIpc) is 2.38. The molecule has 0 atom stereocenters. The summed E-state index contributed by atoms with van der Waals surface area (Å²) in [5, 5.41) is 3.85.